The molecule has 2 aliphatic rings. The molecule has 1 atom stereocenters. The van der Waals surface area contributed by atoms with Gasteiger partial charge in [0.25, 0.3) is 0 Å². The Bertz CT molecular complexity index is 709. The van der Waals surface area contributed by atoms with Crippen LogP contribution in [0.1, 0.15) is 25.3 Å². The molecule has 0 spiro atoms. The second-order valence-corrected chi connectivity index (χ2v) is 8.90. The third kappa shape index (κ3) is 4.04. The van der Waals surface area contributed by atoms with E-state index in [9.17, 15) is 13.2 Å². The average Bonchev–Trinajstić information content (AvgIpc) is 2.61. The monoisotopic (exact) mass is 366 g/mol. The van der Waals surface area contributed by atoms with Crippen molar-refractivity contribution in [3.63, 3.8) is 0 Å². The number of hydrogen-bond acceptors (Lipinski definition) is 4. The third-order valence-electron chi connectivity index (χ3n) is 5.01. The summed E-state index contributed by atoms with van der Waals surface area (Å²) in [4.78, 5) is 14.9. The van der Waals surface area contributed by atoms with E-state index in [1.54, 1.807) is 12.1 Å². The number of amides is 1. The molecular weight excluding hydrogens is 340 g/mol. The zero-order valence-corrected chi connectivity index (χ0v) is 15.7. The van der Waals surface area contributed by atoms with Crippen LogP contribution >= 0.6 is 0 Å². The Kier molecular flexibility index (Phi) is 5.46. The molecule has 2 heterocycles. The molecule has 0 aliphatic carbocycles. The fourth-order valence-corrected chi connectivity index (χ4v) is 4.95. The molecule has 138 valence electrons. The number of aryl methyl sites for hydroxylation is 1. The van der Waals surface area contributed by atoms with Gasteiger partial charge in [-0.2, -0.15) is 4.31 Å². The number of benzene rings is 1. The van der Waals surface area contributed by atoms with Crippen LogP contribution in [0.5, 0.6) is 0 Å². The van der Waals surface area contributed by atoms with Crippen molar-refractivity contribution in [3.05, 3.63) is 29.8 Å². The maximum absolute atomic E-state index is 12.7. The molecule has 0 N–H and O–H groups in total. The van der Waals surface area contributed by atoms with Crippen LogP contribution in [0, 0.1) is 12.8 Å². The summed E-state index contributed by atoms with van der Waals surface area (Å²) in [5, 5.41) is 0. The summed E-state index contributed by atoms with van der Waals surface area (Å²) in [6.45, 7) is 6.52. The molecule has 6 nitrogen and oxygen atoms in total. The fraction of sp³-hybridized carbons (Fsp3) is 0.611. The highest BCUT2D eigenvalue weighted by molar-refractivity contribution is 7.89. The molecule has 2 fully saturated rings. The smallest absolute Gasteiger partial charge is 0.243 e. The first-order valence-corrected chi connectivity index (χ1v) is 10.3. The average molecular weight is 366 g/mol. The van der Waals surface area contributed by atoms with Crippen LogP contribution in [0.25, 0.3) is 0 Å². The molecule has 3 rings (SSSR count). The summed E-state index contributed by atoms with van der Waals surface area (Å²) < 4.78 is 32.5. The molecule has 25 heavy (non-hydrogen) atoms. The maximum Gasteiger partial charge on any atom is 0.243 e. The topological polar surface area (TPSA) is 66.9 Å². The van der Waals surface area contributed by atoms with Crippen molar-refractivity contribution < 1.29 is 17.9 Å². The Labute approximate surface area is 149 Å². The van der Waals surface area contributed by atoms with Crippen molar-refractivity contribution in [1.82, 2.24) is 9.21 Å². The molecule has 1 aromatic carbocycles. The van der Waals surface area contributed by atoms with Crippen molar-refractivity contribution in [2.24, 2.45) is 5.92 Å². The van der Waals surface area contributed by atoms with E-state index in [1.165, 1.54) is 4.31 Å². The second kappa shape index (κ2) is 7.43. The van der Waals surface area contributed by atoms with Gasteiger partial charge in [-0.3, -0.25) is 4.79 Å². The predicted octanol–water partition coefficient (Wildman–Crippen LogP) is 1.64. The lowest BCUT2D eigenvalue weighted by Gasteiger charge is -2.36. The van der Waals surface area contributed by atoms with E-state index in [1.807, 2.05) is 30.9 Å². The molecule has 7 heteroatoms. The summed E-state index contributed by atoms with van der Waals surface area (Å²) in [6, 6.07) is 6.92. The van der Waals surface area contributed by atoms with Gasteiger partial charge in [0.15, 0.2) is 0 Å². The standard InChI is InChI=1S/C18H26N2O4S/c1-14-3-5-17(6-4-14)25(22,23)20-9-7-16(8-10-20)18(21)19-11-12-24-15(2)13-19/h3-6,15-16H,7-13H2,1-2H3/t15-/m1/s1. The highest BCUT2D eigenvalue weighted by Crippen LogP contribution is 2.26. The lowest BCUT2D eigenvalue weighted by Crippen LogP contribution is -2.49. The Balaban J connectivity index is 1.61. The van der Waals surface area contributed by atoms with Crippen LogP contribution < -0.4 is 0 Å². The number of sulfonamides is 1. The summed E-state index contributed by atoms with van der Waals surface area (Å²) >= 11 is 0. The van der Waals surface area contributed by atoms with Gasteiger partial charge in [-0.15, -0.1) is 0 Å². The van der Waals surface area contributed by atoms with E-state index in [0.29, 0.717) is 50.5 Å². The Morgan fingerprint density at radius 2 is 1.76 bits per heavy atom. The van der Waals surface area contributed by atoms with E-state index in [2.05, 4.69) is 0 Å². The van der Waals surface area contributed by atoms with Crippen LogP contribution in [-0.4, -0.2) is 62.4 Å². The van der Waals surface area contributed by atoms with Gasteiger partial charge in [-0.1, -0.05) is 17.7 Å². The van der Waals surface area contributed by atoms with Crippen LogP contribution in [0.15, 0.2) is 29.2 Å². The number of rotatable bonds is 3. The molecule has 1 aromatic rings. The third-order valence-corrected chi connectivity index (χ3v) is 6.93. The van der Waals surface area contributed by atoms with Crippen LogP contribution in [-0.2, 0) is 19.6 Å². The minimum absolute atomic E-state index is 0.0692. The first kappa shape index (κ1) is 18.4. The van der Waals surface area contributed by atoms with Crippen molar-refractivity contribution >= 4 is 15.9 Å². The van der Waals surface area contributed by atoms with Crippen molar-refractivity contribution in [2.45, 2.75) is 37.7 Å². The first-order valence-electron chi connectivity index (χ1n) is 8.85. The summed E-state index contributed by atoms with van der Waals surface area (Å²) in [5.41, 5.74) is 1.03. The van der Waals surface area contributed by atoms with Gasteiger partial charge in [0.1, 0.15) is 0 Å². The van der Waals surface area contributed by atoms with Gasteiger partial charge in [0.05, 0.1) is 17.6 Å². The quantitative estimate of drug-likeness (QED) is 0.816. The highest BCUT2D eigenvalue weighted by atomic mass is 32.2. The minimum atomic E-state index is -3.47. The zero-order valence-electron chi connectivity index (χ0n) is 14.8. The normalized spacial score (nSPS) is 23.6. The highest BCUT2D eigenvalue weighted by Gasteiger charge is 2.34. The Morgan fingerprint density at radius 3 is 2.36 bits per heavy atom. The number of piperidine rings is 1. The number of ether oxygens (including phenoxy) is 1. The van der Waals surface area contributed by atoms with Gasteiger partial charge in [0, 0.05) is 32.1 Å². The lowest BCUT2D eigenvalue weighted by atomic mass is 9.96. The largest absolute Gasteiger partial charge is 0.375 e. The molecule has 0 saturated carbocycles. The second-order valence-electron chi connectivity index (χ2n) is 6.96. The van der Waals surface area contributed by atoms with E-state index < -0.39 is 10.0 Å². The van der Waals surface area contributed by atoms with Crippen LogP contribution in [0.3, 0.4) is 0 Å². The van der Waals surface area contributed by atoms with Crippen LogP contribution in [0.4, 0.5) is 0 Å². The van der Waals surface area contributed by atoms with Gasteiger partial charge >= 0.3 is 0 Å². The van der Waals surface area contributed by atoms with Crippen molar-refractivity contribution in [3.8, 4) is 0 Å². The summed E-state index contributed by atoms with van der Waals surface area (Å²) in [7, 11) is -3.47. The first-order chi connectivity index (χ1) is 11.9. The van der Waals surface area contributed by atoms with Crippen molar-refractivity contribution in [2.75, 3.05) is 32.8 Å². The van der Waals surface area contributed by atoms with Crippen LogP contribution in [0.2, 0.25) is 0 Å². The van der Waals surface area contributed by atoms with Gasteiger partial charge in [-0.25, -0.2) is 8.42 Å². The molecule has 0 aromatic heterocycles. The molecular formula is C18H26N2O4S. The molecule has 0 bridgehead atoms. The van der Waals surface area contributed by atoms with Gasteiger partial charge in [-0.05, 0) is 38.8 Å². The number of nitrogens with zero attached hydrogens (tertiary/aromatic N) is 2. The molecule has 0 unspecified atom stereocenters. The number of morpholine rings is 1. The fourth-order valence-electron chi connectivity index (χ4n) is 3.48. The van der Waals surface area contributed by atoms with Gasteiger partial charge < -0.3 is 9.64 Å². The van der Waals surface area contributed by atoms with Gasteiger partial charge in [0.2, 0.25) is 15.9 Å². The number of hydrogen-bond donors (Lipinski definition) is 0. The molecule has 2 saturated heterocycles. The molecule has 2 aliphatic heterocycles. The molecule has 1 amide bonds. The summed E-state index contributed by atoms with van der Waals surface area (Å²) in [5.74, 6) is 0.0531. The Morgan fingerprint density at radius 1 is 1.12 bits per heavy atom. The zero-order chi connectivity index (χ0) is 18.0. The number of carbonyl (C=O) groups is 1. The lowest BCUT2D eigenvalue weighted by molar-refractivity contribution is -0.143. The molecule has 0 radical (unpaired) electrons. The minimum Gasteiger partial charge on any atom is -0.375 e. The SMILES string of the molecule is Cc1ccc(S(=O)(=O)N2CCC(C(=O)N3CCO[C@H](C)C3)CC2)cc1. The van der Waals surface area contributed by atoms with E-state index in [0.717, 1.165) is 5.56 Å². The van der Waals surface area contributed by atoms with E-state index in [-0.39, 0.29) is 17.9 Å². The Hall–Kier alpha value is -1.44. The van der Waals surface area contributed by atoms with Crippen molar-refractivity contribution in [1.29, 1.82) is 0 Å². The van der Waals surface area contributed by atoms with E-state index >= 15 is 0 Å². The van der Waals surface area contributed by atoms with E-state index in [4.69, 9.17) is 4.74 Å². The number of carbonyl (C=O) groups excluding carboxylic acids is 1. The summed E-state index contributed by atoms with van der Waals surface area (Å²) in [6.07, 6.45) is 1.23. The predicted molar refractivity (Wildman–Crippen MR) is 94.7 cm³/mol. The maximum atomic E-state index is 12.7.